The zero-order valence-electron chi connectivity index (χ0n) is 31.4. The van der Waals surface area contributed by atoms with Crippen LogP contribution in [-0.4, -0.2) is 83.6 Å². The van der Waals surface area contributed by atoms with E-state index >= 15 is 0 Å². The first kappa shape index (κ1) is 44.6. The first-order valence-corrected chi connectivity index (χ1v) is 18.9. The van der Waals surface area contributed by atoms with Gasteiger partial charge in [0, 0.05) is 13.1 Å². The van der Waals surface area contributed by atoms with Gasteiger partial charge in [-0.3, -0.25) is 19.6 Å². The summed E-state index contributed by atoms with van der Waals surface area (Å²) in [5.41, 5.74) is 24.0. The molecule has 0 aromatic heterocycles. The van der Waals surface area contributed by atoms with Crippen LogP contribution in [0.25, 0.3) is 0 Å². The number of nitrogens with zero attached hydrogens (tertiary/aromatic N) is 2. The molecule has 0 aliphatic heterocycles. The van der Waals surface area contributed by atoms with E-state index in [2.05, 4.69) is 40.5 Å². The molecule has 0 bridgehead atoms. The number of guanidine groups is 2. The molecule has 16 nitrogen and oxygen atoms in total. The van der Waals surface area contributed by atoms with Crippen molar-refractivity contribution in [2.24, 2.45) is 32.9 Å². The van der Waals surface area contributed by atoms with Crippen LogP contribution in [0, 0.1) is 0 Å². The third-order valence-corrected chi connectivity index (χ3v) is 9.54. The van der Waals surface area contributed by atoms with E-state index in [9.17, 15) is 22.8 Å². The minimum Gasteiger partial charge on any atom is -0.490 e. The van der Waals surface area contributed by atoms with Gasteiger partial charge in [-0.25, -0.2) is 13.2 Å². The molecule has 0 radical (unpaired) electrons. The van der Waals surface area contributed by atoms with Crippen molar-refractivity contribution in [2.75, 3.05) is 33.4 Å². The van der Waals surface area contributed by atoms with Gasteiger partial charge in [0.05, 0.1) is 16.9 Å². The Balaban J connectivity index is 2.01. The highest BCUT2D eigenvalue weighted by molar-refractivity contribution is 7.91. The van der Waals surface area contributed by atoms with Gasteiger partial charge in [0.1, 0.15) is 30.2 Å². The van der Waals surface area contributed by atoms with E-state index in [0.717, 1.165) is 12.8 Å². The lowest BCUT2D eigenvalue weighted by Crippen LogP contribution is -2.52. The number of esters is 1. The first-order chi connectivity index (χ1) is 25.6. The number of rotatable bonds is 23. The van der Waals surface area contributed by atoms with E-state index in [0.29, 0.717) is 25.2 Å². The molecule has 2 atom stereocenters. The zero-order valence-corrected chi connectivity index (χ0v) is 32.2. The van der Waals surface area contributed by atoms with Gasteiger partial charge in [-0.2, -0.15) is 0 Å². The Labute approximate surface area is 317 Å². The third-order valence-electron chi connectivity index (χ3n) is 7.76. The molecule has 0 fully saturated rings. The summed E-state index contributed by atoms with van der Waals surface area (Å²) in [7, 11) is -2.67. The number of carbonyl (C=O) groups is 3. The minimum atomic E-state index is -3.85. The van der Waals surface area contributed by atoms with Gasteiger partial charge >= 0.3 is 5.97 Å². The number of aliphatic imine (C=N–C) groups is 2. The number of benzene rings is 2. The standard InChI is InChI=1S/C37H54N8O8S/c1-25(2)8-5-9-26(3)20-23-52-27-12-16-29(17-13-27)54(49,50)30-18-14-28(15-19-30)53-24-33(46)44-31(10-6-21-42-36(38)39)34(47)45-32(35(48)51-4)11-7-22-43-37(40)41/h8,12-20,31-32H,5-7,9-11,21-24H2,1-4H3,(H,44,46)(H,45,47)(H4,38,39,42)(H4,40,41,43)/b26-20-/t31-,32-/m0/s1. The molecule has 54 heavy (non-hydrogen) atoms. The second kappa shape index (κ2) is 23.2. The molecule has 0 saturated heterocycles. The molecule has 296 valence electrons. The van der Waals surface area contributed by atoms with Crippen molar-refractivity contribution >= 4 is 39.5 Å². The number of amides is 2. The van der Waals surface area contributed by atoms with E-state index in [1.807, 2.05) is 13.0 Å². The fraction of sp³-hybridized carbons (Fsp3) is 0.432. The van der Waals surface area contributed by atoms with Crippen LogP contribution in [0.1, 0.15) is 59.3 Å². The van der Waals surface area contributed by atoms with E-state index in [1.54, 1.807) is 12.1 Å². The Morgan fingerprint density at radius 1 is 0.759 bits per heavy atom. The maximum absolute atomic E-state index is 13.3. The highest BCUT2D eigenvalue weighted by Crippen LogP contribution is 2.25. The van der Waals surface area contributed by atoms with Gasteiger partial charge in [-0.1, -0.05) is 17.2 Å². The Morgan fingerprint density at radius 3 is 1.78 bits per heavy atom. The maximum Gasteiger partial charge on any atom is 0.328 e. The molecule has 17 heteroatoms. The lowest BCUT2D eigenvalue weighted by atomic mass is 10.1. The second-order valence-corrected chi connectivity index (χ2v) is 14.5. The quantitative estimate of drug-likeness (QED) is 0.0312. The second-order valence-electron chi connectivity index (χ2n) is 12.5. The Hall–Kier alpha value is -5.58. The largest absolute Gasteiger partial charge is 0.490 e. The molecule has 0 heterocycles. The average molecular weight is 771 g/mol. The molecule has 0 unspecified atom stereocenters. The molecule has 2 aromatic rings. The molecule has 10 N–H and O–H groups in total. The monoisotopic (exact) mass is 770 g/mol. The summed E-state index contributed by atoms with van der Waals surface area (Å²) >= 11 is 0. The SMILES string of the molecule is COC(=O)[C@H](CCCN=C(N)N)NC(=O)[C@H](CCCN=C(N)N)NC(=O)COc1ccc(S(=O)(=O)c2ccc(OC/C=C(/C)CCC=C(C)C)cc2)cc1. The van der Waals surface area contributed by atoms with Gasteiger partial charge in [-0.15, -0.1) is 0 Å². The number of sulfone groups is 1. The maximum atomic E-state index is 13.3. The van der Waals surface area contributed by atoms with Crippen LogP contribution < -0.4 is 43.0 Å². The summed E-state index contributed by atoms with van der Waals surface area (Å²) in [5, 5.41) is 5.22. The van der Waals surface area contributed by atoms with E-state index < -0.39 is 46.3 Å². The van der Waals surface area contributed by atoms with Crippen LogP contribution in [0.3, 0.4) is 0 Å². The van der Waals surface area contributed by atoms with Crippen molar-refractivity contribution in [1.82, 2.24) is 10.6 Å². The van der Waals surface area contributed by atoms with Gasteiger partial charge in [0.25, 0.3) is 5.91 Å². The van der Waals surface area contributed by atoms with E-state index in [4.69, 9.17) is 37.1 Å². The Morgan fingerprint density at radius 2 is 1.28 bits per heavy atom. The molecule has 0 aliphatic rings. The van der Waals surface area contributed by atoms with Crippen molar-refractivity contribution in [3.8, 4) is 11.5 Å². The number of hydrogen-bond acceptors (Lipinski definition) is 10. The Bertz CT molecular complexity index is 1750. The zero-order chi connectivity index (χ0) is 40.1. The summed E-state index contributed by atoms with van der Waals surface area (Å²) < 4.78 is 42.7. The Kier molecular flexibility index (Phi) is 19.1. The predicted molar refractivity (Wildman–Crippen MR) is 207 cm³/mol. The lowest BCUT2D eigenvalue weighted by Gasteiger charge is -2.22. The number of methoxy groups -OCH3 is 1. The van der Waals surface area contributed by atoms with Gasteiger partial charge in [0.2, 0.25) is 15.7 Å². The minimum absolute atomic E-state index is 0.0267. The summed E-state index contributed by atoms with van der Waals surface area (Å²) in [4.78, 5) is 46.4. The van der Waals surface area contributed by atoms with Crippen LogP contribution in [-0.2, 0) is 29.0 Å². The highest BCUT2D eigenvalue weighted by Gasteiger charge is 2.27. The van der Waals surface area contributed by atoms with Crippen molar-refractivity contribution in [2.45, 2.75) is 81.2 Å². The normalized spacial score (nSPS) is 12.3. The molecular formula is C37H54N8O8S. The molecule has 2 rings (SSSR count). The fourth-order valence-corrected chi connectivity index (χ4v) is 6.12. The van der Waals surface area contributed by atoms with Crippen LogP contribution in [0.5, 0.6) is 11.5 Å². The topological polar surface area (TPSA) is 266 Å². The van der Waals surface area contributed by atoms with E-state index in [-0.39, 0.29) is 53.4 Å². The molecule has 0 aliphatic carbocycles. The van der Waals surface area contributed by atoms with Gasteiger partial charge in [-0.05, 0) is 114 Å². The highest BCUT2D eigenvalue weighted by atomic mass is 32.2. The summed E-state index contributed by atoms with van der Waals surface area (Å²) in [6.45, 7) is 6.49. The number of carbonyl (C=O) groups excluding carboxylic acids is 3. The molecule has 0 spiro atoms. The van der Waals surface area contributed by atoms with Crippen molar-refractivity contribution in [3.05, 3.63) is 71.8 Å². The number of hydrogen-bond donors (Lipinski definition) is 6. The van der Waals surface area contributed by atoms with Crippen LogP contribution in [0.15, 0.2) is 91.6 Å². The van der Waals surface area contributed by atoms with E-state index in [1.165, 1.54) is 54.7 Å². The number of ether oxygens (including phenoxy) is 3. The lowest BCUT2D eigenvalue weighted by molar-refractivity contribution is -0.145. The molecule has 2 amide bonds. The smallest absolute Gasteiger partial charge is 0.328 e. The number of nitrogens with two attached hydrogens (primary N) is 4. The van der Waals surface area contributed by atoms with Gasteiger partial charge < -0.3 is 47.8 Å². The summed E-state index contributed by atoms with van der Waals surface area (Å²) in [6.07, 6.45) is 7.10. The summed E-state index contributed by atoms with van der Waals surface area (Å²) in [5.74, 6) is -1.43. The van der Waals surface area contributed by atoms with Crippen LogP contribution in [0.4, 0.5) is 0 Å². The molecular weight excluding hydrogens is 717 g/mol. The predicted octanol–water partition coefficient (Wildman–Crippen LogP) is 2.22. The average Bonchev–Trinajstić information content (AvgIpc) is 3.12. The van der Waals surface area contributed by atoms with Crippen LogP contribution in [0.2, 0.25) is 0 Å². The number of allylic oxidation sites excluding steroid dienone is 3. The summed E-state index contributed by atoms with van der Waals surface area (Å²) in [6, 6.07) is 9.66. The fourth-order valence-electron chi connectivity index (χ4n) is 4.86. The van der Waals surface area contributed by atoms with Crippen molar-refractivity contribution in [3.63, 3.8) is 0 Å². The van der Waals surface area contributed by atoms with Crippen molar-refractivity contribution < 1.29 is 37.0 Å². The molecule has 0 saturated carbocycles. The first-order valence-electron chi connectivity index (χ1n) is 17.4. The van der Waals surface area contributed by atoms with Crippen LogP contribution >= 0.6 is 0 Å². The van der Waals surface area contributed by atoms with Gasteiger partial charge in [0.15, 0.2) is 18.5 Å². The van der Waals surface area contributed by atoms with Crippen molar-refractivity contribution in [1.29, 1.82) is 0 Å². The third kappa shape index (κ3) is 16.8. The number of nitrogens with one attached hydrogen (secondary N) is 2. The molecule has 2 aromatic carbocycles.